The molecule has 3 N–H and O–H groups in total. The van der Waals surface area contributed by atoms with Crippen LogP contribution in [0.5, 0.6) is 11.5 Å². The van der Waals surface area contributed by atoms with Gasteiger partial charge in [-0.15, -0.1) is 0 Å². The van der Waals surface area contributed by atoms with E-state index in [1.807, 2.05) is 0 Å². The number of phenolic OH excluding ortho intramolecular Hbond substituents is 2. The molecule has 0 aliphatic carbocycles. The Hall–Kier alpha value is -2.56. The van der Waals surface area contributed by atoms with E-state index in [2.05, 4.69) is 5.32 Å². The number of aryl methyl sites for hydroxylation is 1. The van der Waals surface area contributed by atoms with E-state index in [0.29, 0.717) is 25.8 Å². The van der Waals surface area contributed by atoms with Crippen LogP contribution in [0.25, 0.3) is 0 Å². The smallest absolute Gasteiger partial charge is 0.220 e. The van der Waals surface area contributed by atoms with Crippen molar-refractivity contribution in [1.82, 2.24) is 5.32 Å². The summed E-state index contributed by atoms with van der Waals surface area (Å²) in [6.07, 6.45) is 1.47. The summed E-state index contributed by atoms with van der Waals surface area (Å²) in [7, 11) is 0. The van der Waals surface area contributed by atoms with Crippen molar-refractivity contribution in [3.8, 4) is 11.5 Å². The molecule has 0 spiro atoms. The summed E-state index contributed by atoms with van der Waals surface area (Å²) in [5.41, 5.74) is 1.74. The number of rotatable bonds is 6. The Morgan fingerprint density at radius 3 is 2.32 bits per heavy atom. The lowest BCUT2D eigenvalue weighted by Gasteiger charge is -2.06. The van der Waals surface area contributed by atoms with Crippen LogP contribution < -0.4 is 5.32 Å². The van der Waals surface area contributed by atoms with Gasteiger partial charge in [-0.1, -0.05) is 18.2 Å². The van der Waals surface area contributed by atoms with E-state index in [-0.39, 0.29) is 23.2 Å². The van der Waals surface area contributed by atoms with Crippen LogP contribution in [0.3, 0.4) is 0 Å². The summed E-state index contributed by atoms with van der Waals surface area (Å²) in [6, 6.07) is 10.7. The molecule has 2 rings (SSSR count). The highest BCUT2D eigenvalue weighted by Crippen LogP contribution is 2.24. The predicted molar refractivity (Wildman–Crippen MR) is 81.2 cm³/mol. The average Bonchev–Trinajstić information content (AvgIpc) is 2.50. The Bertz CT molecular complexity index is 641. The minimum Gasteiger partial charge on any atom is -0.504 e. The Labute approximate surface area is 128 Å². The van der Waals surface area contributed by atoms with E-state index in [4.69, 9.17) is 0 Å². The maximum Gasteiger partial charge on any atom is 0.220 e. The first-order chi connectivity index (χ1) is 10.5. The van der Waals surface area contributed by atoms with E-state index in [9.17, 15) is 19.4 Å². The first kappa shape index (κ1) is 15.8. The van der Waals surface area contributed by atoms with E-state index in [1.165, 1.54) is 24.3 Å². The van der Waals surface area contributed by atoms with Crippen LogP contribution in [0.2, 0.25) is 0 Å². The number of carbonyl (C=O) groups is 1. The van der Waals surface area contributed by atoms with Crippen molar-refractivity contribution >= 4 is 5.91 Å². The second kappa shape index (κ2) is 7.45. The standard InChI is InChI=1S/C17H18FNO3/c18-14-5-1-12(2-6-14)4-8-17(22)19-10-9-13-3-7-15(20)16(21)11-13/h1-3,5-7,11,20-21H,4,8-10H2,(H,19,22). The molecule has 0 atom stereocenters. The highest BCUT2D eigenvalue weighted by atomic mass is 19.1. The number of carbonyl (C=O) groups excluding carboxylic acids is 1. The molecule has 0 fully saturated rings. The molecule has 22 heavy (non-hydrogen) atoms. The maximum absolute atomic E-state index is 12.8. The number of phenols is 2. The summed E-state index contributed by atoms with van der Waals surface area (Å²) in [5, 5.41) is 21.4. The van der Waals surface area contributed by atoms with Gasteiger partial charge in [0.15, 0.2) is 11.5 Å². The number of benzene rings is 2. The molecule has 0 saturated carbocycles. The third-order valence-corrected chi connectivity index (χ3v) is 3.33. The summed E-state index contributed by atoms with van der Waals surface area (Å²) in [5.74, 6) is -0.690. The Morgan fingerprint density at radius 1 is 0.955 bits per heavy atom. The highest BCUT2D eigenvalue weighted by Gasteiger charge is 2.04. The number of nitrogens with one attached hydrogen (secondary N) is 1. The van der Waals surface area contributed by atoms with Crippen LogP contribution in [-0.2, 0) is 17.6 Å². The molecule has 5 heteroatoms. The van der Waals surface area contributed by atoms with Crippen LogP contribution in [0.4, 0.5) is 4.39 Å². The zero-order valence-corrected chi connectivity index (χ0v) is 12.1. The van der Waals surface area contributed by atoms with Gasteiger partial charge in [0, 0.05) is 13.0 Å². The van der Waals surface area contributed by atoms with Gasteiger partial charge in [-0.05, 0) is 48.2 Å². The Balaban J connectivity index is 1.71. The van der Waals surface area contributed by atoms with Crippen LogP contribution in [0, 0.1) is 5.82 Å². The molecule has 1 amide bonds. The first-order valence-corrected chi connectivity index (χ1v) is 7.06. The lowest BCUT2D eigenvalue weighted by molar-refractivity contribution is -0.121. The molecular weight excluding hydrogens is 285 g/mol. The molecule has 116 valence electrons. The molecular formula is C17H18FNO3. The lowest BCUT2D eigenvalue weighted by atomic mass is 10.1. The van der Waals surface area contributed by atoms with Crippen molar-refractivity contribution in [3.05, 3.63) is 59.4 Å². The van der Waals surface area contributed by atoms with Crippen molar-refractivity contribution in [2.45, 2.75) is 19.3 Å². The monoisotopic (exact) mass is 303 g/mol. The number of hydrogen-bond donors (Lipinski definition) is 3. The van der Waals surface area contributed by atoms with E-state index < -0.39 is 0 Å². The van der Waals surface area contributed by atoms with Crippen molar-refractivity contribution < 1.29 is 19.4 Å². The zero-order chi connectivity index (χ0) is 15.9. The van der Waals surface area contributed by atoms with Crippen LogP contribution in [0.1, 0.15) is 17.5 Å². The summed E-state index contributed by atoms with van der Waals surface area (Å²) < 4.78 is 12.8. The third kappa shape index (κ3) is 4.77. The molecule has 0 saturated heterocycles. The number of hydrogen-bond acceptors (Lipinski definition) is 3. The van der Waals surface area contributed by atoms with Gasteiger partial charge in [0.05, 0.1) is 0 Å². The molecule has 2 aromatic carbocycles. The summed E-state index contributed by atoms with van der Waals surface area (Å²) >= 11 is 0. The Kier molecular flexibility index (Phi) is 5.36. The van der Waals surface area contributed by atoms with Crippen molar-refractivity contribution in [2.24, 2.45) is 0 Å². The highest BCUT2D eigenvalue weighted by molar-refractivity contribution is 5.76. The molecule has 0 radical (unpaired) electrons. The van der Waals surface area contributed by atoms with Crippen molar-refractivity contribution in [2.75, 3.05) is 6.54 Å². The molecule has 0 aliphatic heterocycles. The lowest BCUT2D eigenvalue weighted by Crippen LogP contribution is -2.25. The molecule has 0 aliphatic rings. The van der Waals surface area contributed by atoms with Crippen LogP contribution in [0.15, 0.2) is 42.5 Å². The van der Waals surface area contributed by atoms with Crippen LogP contribution >= 0.6 is 0 Å². The quantitative estimate of drug-likeness (QED) is 0.718. The van der Waals surface area contributed by atoms with Gasteiger partial charge in [0.25, 0.3) is 0 Å². The molecule has 2 aromatic rings. The largest absolute Gasteiger partial charge is 0.504 e. The number of aromatic hydroxyl groups is 2. The fourth-order valence-electron chi connectivity index (χ4n) is 2.07. The van der Waals surface area contributed by atoms with Crippen molar-refractivity contribution in [3.63, 3.8) is 0 Å². The minimum absolute atomic E-state index is 0.0766. The minimum atomic E-state index is -0.287. The van der Waals surface area contributed by atoms with Crippen LogP contribution in [-0.4, -0.2) is 22.7 Å². The number of halogens is 1. The third-order valence-electron chi connectivity index (χ3n) is 3.33. The fraction of sp³-hybridized carbons (Fsp3) is 0.235. The second-order valence-corrected chi connectivity index (χ2v) is 5.05. The molecule has 0 bridgehead atoms. The molecule has 0 heterocycles. The SMILES string of the molecule is O=C(CCc1ccc(F)cc1)NCCc1ccc(O)c(O)c1. The molecule has 4 nitrogen and oxygen atoms in total. The first-order valence-electron chi connectivity index (χ1n) is 7.06. The van der Waals surface area contributed by atoms with Gasteiger partial charge < -0.3 is 15.5 Å². The Morgan fingerprint density at radius 2 is 1.64 bits per heavy atom. The van der Waals surface area contributed by atoms with E-state index in [0.717, 1.165) is 11.1 Å². The van der Waals surface area contributed by atoms with E-state index >= 15 is 0 Å². The second-order valence-electron chi connectivity index (χ2n) is 5.05. The van der Waals surface area contributed by atoms with E-state index in [1.54, 1.807) is 18.2 Å². The van der Waals surface area contributed by atoms with Gasteiger partial charge >= 0.3 is 0 Å². The van der Waals surface area contributed by atoms with Gasteiger partial charge in [0.2, 0.25) is 5.91 Å². The molecule has 0 unspecified atom stereocenters. The molecule has 0 aromatic heterocycles. The normalized spacial score (nSPS) is 10.4. The van der Waals surface area contributed by atoms with Gasteiger partial charge in [-0.3, -0.25) is 4.79 Å². The number of amides is 1. The van der Waals surface area contributed by atoms with Crippen molar-refractivity contribution in [1.29, 1.82) is 0 Å². The zero-order valence-electron chi connectivity index (χ0n) is 12.1. The summed E-state index contributed by atoms with van der Waals surface area (Å²) in [4.78, 5) is 11.7. The topological polar surface area (TPSA) is 69.6 Å². The summed E-state index contributed by atoms with van der Waals surface area (Å²) in [6.45, 7) is 0.451. The van der Waals surface area contributed by atoms with Gasteiger partial charge in [-0.25, -0.2) is 4.39 Å². The predicted octanol–water partition coefficient (Wildman–Crippen LogP) is 2.53. The maximum atomic E-state index is 12.8. The van der Waals surface area contributed by atoms with Gasteiger partial charge in [-0.2, -0.15) is 0 Å². The average molecular weight is 303 g/mol. The van der Waals surface area contributed by atoms with Gasteiger partial charge in [0.1, 0.15) is 5.82 Å². The fourth-order valence-corrected chi connectivity index (χ4v) is 2.07.